The summed E-state index contributed by atoms with van der Waals surface area (Å²) in [5, 5.41) is 14.2. The molecule has 1 atom stereocenters. The van der Waals surface area contributed by atoms with E-state index in [1.54, 1.807) is 18.3 Å². The van der Waals surface area contributed by atoms with Crippen molar-refractivity contribution < 1.29 is 42.5 Å². The van der Waals surface area contributed by atoms with Crippen LogP contribution >= 0.6 is 0 Å². The maximum Gasteiger partial charge on any atom is 0.303 e. The van der Waals surface area contributed by atoms with Gasteiger partial charge in [-0.15, -0.1) is 0 Å². The topological polar surface area (TPSA) is 136 Å². The molecule has 2 aliphatic rings. The number of carboxylic acid groups (broad SMARTS) is 1. The van der Waals surface area contributed by atoms with Crippen LogP contribution in [-0.4, -0.2) is 42.8 Å². The van der Waals surface area contributed by atoms with Crippen molar-refractivity contribution in [3.8, 4) is 17.2 Å². The highest BCUT2D eigenvalue weighted by Gasteiger charge is 2.51. The summed E-state index contributed by atoms with van der Waals surface area (Å²) >= 11 is 0. The van der Waals surface area contributed by atoms with Crippen LogP contribution in [0, 0.1) is 17.0 Å². The van der Waals surface area contributed by atoms with Crippen LogP contribution in [0.2, 0.25) is 0 Å². The van der Waals surface area contributed by atoms with Gasteiger partial charge in [-0.2, -0.15) is 0 Å². The van der Waals surface area contributed by atoms with Crippen molar-refractivity contribution in [1.29, 1.82) is 0 Å². The van der Waals surface area contributed by atoms with Crippen molar-refractivity contribution in [2.75, 3.05) is 24.4 Å². The molecule has 1 heterocycles. The minimum atomic E-state index is -0.857. The molecule has 242 valence electrons. The Balaban J connectivity index is 1.17. The number of hydrogen-bond acceptors (Lipinski definition) is 7. The Bertz CT molecular complexity index is 1620. The molecule has 0 aromatic heterocycles. The Morgan fingerprint density at radius 2 is 1.70 bits per heavy atom. The molecule has 0 spiro atoms. The lowest BCUT2D eigenvalue weighted by molar-refractivity contribution is -0.137. The first-order valence-corrected chi connectivity index (χ1v) is 15.1. The molecule has 0 bridgehead atoms. The van der Waals surface area contributed by atoms with Gasteiger partial charge in [-0.25, -0.2) is 8.78 Å². The number of unbranched alkanes of at least 4 members (excludes halogenated alkanes) is 2. The monoisotopic (exact) mass is 635 g/mol. The molecule has 3 N–H and O–H groups in total. The quantitative estimate of drug-likeness (QED) is 0.154. The third-order valence-electron chi connectivity index (χ3n) is 7.92. The van der Waals surface area contributed by atoms with Gasteiger partial charge in [-0.1, -0.05) is 0 Å². The number of anilines is 2. The first-order chi connectivity index (χ1) is 22.2. The molecule has 3 aromatic carbocycles. The summed E-state index contributed by atoms with van der Waals surface area (Å²) in [4.78, 5) is 40.7. The summed E-state index contributed by atoms with van der Waals surface area (Å²) in [5.74, 6) is -1.71. The second kappa shape index (κ2) is 14.4. The molecule has 5 rings (SSSR count). The lowest BCUT2D eigenvalue weighted by Gasteiger charge is -2.24. The Morgan fingerprint density at radius 3 is 2.39 bits per heavy atom. The van der Waals surface area contributed by atoms with Gasteiger partial charge in [-0.05, 0) is 74.6 Å². The van der Waals surface area contributed by atoms with Crippen LogP contribution in [0.1, 0.15) is 63.0 Å². The third-order valence-corrected chi connectivity index (χ3v) is 7.92. The van der Waals surface area contributed by atoms with Crippen LogP contribution in [-0.2, 0) is 14.4 Å². The minimum Gasteiger partial charge on any atom is -0.493 e. The Labute approximate surface area is 264 Å². The highest BCUT2D eigenvalue weighted by molar-refractivity contribution is 6.02. The van der Waals surface area contributed by atoms with Crippen LogP contribution < -0.4 is 24.8 Å². The molecular formula is C34H35F2N3O7. The zero-order chi connectivity index (χ0) is 32.7. The van der Waals surface area contributed by atoms with Gasteiger partial charge in [0.25, 0.3) is 0 Å². The molecule has 1 unspecified atom stereocenters. The molecule has 0 radical (unpaired) electrons. The number of nitrogens with zero attached hydrogens (tertiary/aromatic N) is 1. The Hall–Kier alpha value is -5.00. The van der Waals surface area contributed by atoms with E-state index in [4.69, 9.17) is 19.3 Å². The predicted molar refractivity (Wildman–Crippen MR) is 167 cm³/mol. The summed E-state index contributed by atoms with van der Waals surface area (Å²) in [6, 6.07) is 13.0. The number of carboxylic acids is 1. The van der Waals surface area contributed by atoms with Crippen LogP contribution in [0.4, 0.5) is 25.8 Å². The second-order valence-corrected chi connectivity index (χ2v) is 11.4. The maximum absolute atomic E-state index is 15.2. The highest BCUT2D eigenvalue weighted by Crippen LogP contribution is 2.50. The van der Waals surface area contributed by atoms with E-state index < -0.39 is 35.0 Å². The molecule has 1 saturated carbocycles. The summed E-state index contributed by atoms with van der Waals surface area (Å²) in [6.07, 6.45) is 4.62. The fraction of sp³-hybridized carbons (Fsp3) is 0.353. The first-order valence-electron chi connectivity index (χ1n) is 15.1. The number of fused-ring (bicyclic) bond motifs is 1. The number of aliphatic imine (C=N–C) groups is 1. The fourth-order valence-electron chi connectivity index (χ4n) is 5.20. The second-order valence-electron chi connectivity index (χ2n) is 11.4. The van der Waals surface area contributed by atoms with Gasteiger partial charge in [0.1, 0.15) is 11.9 Å². The van der Waals surface area contributed by atoms with Crippen LogP contribution in [0.25, 0.3) is 0 Å². The van der Waals surface area contributed by atoms with Crippen LogP contribution in [0.3, 0.4) is 0 Å². The molecule has 0 saturated heterocycles. The number of methoxy groups -OCH3 is 1. The van der Waals surface area contributed by atoms with Gasteiger partial charge in [-0.3, -0.25) is 19.4 Å². The minimum absolute atomic E-state index is 0.0118. The molecule has 46 heavy (non-hydrogen) atoms. The van der Waals surface area contributed by atoms with E-state index >= 15 is 4.39 Å². The number of amides is 2. The van der Waals surface area contributed by atoms with Crippen molar-refractivity contribution in [2.45, 2.75) is 57.5 Å². The molecule has 3 aromatic rings. The lowest BCUT2D eigenvalue weighted by Crippen LogP contribution is -2.28. The van der Waals surface area contributed by atoms with Gasteiger partial charge in [0.2, 0.25) is 11.8 Å². The van der Waals surface area contributed by atoms with Crippen LogP contribution in [0.15, 0.2) is 59.6 Å². The van der Waals surface area contributed by atoms with Gasteiger partial charge in [0.15, 0.2) is 23.1 Å². The SMILES string of the molecule is COc1cc2c(cc1OCCCCCC(=O)O)N=CCC2Oc1ccc(NC(=O)CC2(C(=O)Nc3ccc(F)cc3)CC2)cc1F. The molecule has 12 heteroatoms. The highest BCUT2D eigenvalue weighted by atomic mass is 19.1. The summed E-state index contributed by atoms with van der Waals surface area (Å²) in [6.45, 7) is 0.386. The predicted octanol–water partition coefficient (Wildman–Crippen LogP) is 6.97. The summed E-state index contributed by atoms with van der Waals surface area (Å²) in [7, 11) is 1.51. The van der Waals surface area contributed by atoms with E-state index in [9.17, 15) is 18.8 Å². The smallest absolute Gasteiger partial charge is 0.303 e. The zero-order valence-corrected chi connectivity index (χ0v) is 25.3. The van der Waals surface area contributed by atoms with Crippen molar-refractivity contribution in [3.05, 3.63) is 71.8 Å². The molecule has 2 amide bonds. The molecule has 1 aliphatic heterocycles. The molecule has 1 fully saturated rings. The van der Waals surface area contributed by atoms with Crippen molar-refractivity contribution in [3.63, 3.8) is 0 Å². The van der Waals surface area contributed by atoms with E-state index in [1.165, 1.54) is 43.5 Å². The number of nitrogens with one attached hydrogen (secondary N) is 2. The van der Waals surface area contributed by atoms with Crippen molar-refractivity contribution >= 4 is 41.1 Å². The van der Waals surface area contributed by atoms with Crippen molar-refractivity contribution in [1.82, 2.24) is 0 Å². The van der Waals surface area contributed by atoms with E-state index in [2.05, 4.69) is 15.6 Å². The number of halogens is 2. The Morgan fingerprint density at radius 1 is 0.935 bits per heavy atom. The average Bonchev–Trinajstić information content (AvgIpc) is 3.81. The summed E-state index contributed by atoms with van der Waals surface area (Å²) in [5.41, 5.74) is 1.10. The zero-order valence-electron chi connectivity index (χ0n) is 25.3. The van der Waals surface area contributed by atoms with Gasteiger partial charge in [0.05, 0.1) is 24.8 Å². The van der Waals surface area contributed by atoms with Gasteiger partial charge < -0.3 is 30.0 Å². The molecule has 10 nitrogen and oxygen atoms in total. The van der Waals surface area contributed by atoms with Gasteiger partial charge >= 0.3 is 5.97 Å². The number of rotatable bonds is 15. The number of carbonyl (C=O) groups excluding carboxylic acids is 2. The van der Waals surface area contributed by atoms with Gasteiger partial charge in [0, 0.05) is 54.5 Å². The number of hydrogen-bond donors (Lipinski definition) is 3. The number of aliphatic carboxylic acids is 1. The van der Waals surface area contributed by atoms with E-state index in [1.807, 2.05) is 0 Å². The average molecular weight is 636 g/mol. The lowest BCUT2D eigenvalue weighted by atomic mass is 10.0. The number of ether oxygens (including phenoxy) is 3. The number of benzene rings is 3. The van der Waals surface area contributed by atoms with Crippen LogP contribution in [0.5, 0.6) is 17.2 Å². The largest absolute Gasteiger partial charge is 0.493 e. The number of carbonyl (C=O) groups is 3. The third kappa shape index (κ3) is 8.17. The van der Waals surface area contributed by atoms with E-state index in [-0.39, 0.29) is 30.2 Å². The van der Waals surface area contributed by atoms with E-state index in [0.717, 1.165) is 12.5 Å². The fourth-order valence-corrected chi connectivity index (χ4v) is 5.20. The maximum atomic E-state index is 15.2. The standard InChI is InChI=1S/C34H35F2N3O7/c1-44-29-18-24-26(19-30(29)45-16-4-2-3-5-32(41)42)37-15-12-27(24)46-28-11-10-23(17-25(28)36)38-31(40)20-34(13-14-34)33(43)39-22-8-6-21(35)7-9-22/h6-11,15,17-19,27H,2-5,12-14,16,20H2,1H3,(H,38,40)(H,39,43)(H,41,42). The first kappa shape index (κ1) is 32.4. The molecular weight excluding hydrogens is 600 g/mol. The summed E-state index contributed by atoms with van der Waals surface area (Å²) < 4.78 is 45.8. The molecule has 1 aliphatic carbocycles. The normalized spacial score (nSPS) is 15.8. The van der Waals surface area contributed by atoms with Crippen molar-refractivity contribution in [2.24, 2.45) is 10.4 Å². The Kier molecular flexibility index (Phi) is 10.1. The van der Waals surface area contributed by atoms with E-state index in [0.29, 0.717) is 67.1 Å².